The van der Waals surface area contributed by atoms with Crippen LogP contribution in [0.1, 0.15) is 6.23 Å². The number of aromatic nitrogens is 2. The lowest BCUT2D eigenvalue weighted by Crippen LogP contribution is -2.32. The van der Waals surface area contributed by atoms with Crippen LogP contribution < -0.4 is 11.4 Å². The van der Waals surface area contributed by atoms with Gasteiger partial charge in [-0.25, -0.2) is 13.6 Å². The summed E-state index contributed by atoms with van der Waals surface area (Å²) in [7, 11) is 0. The first-order valence-corrected chi connectivity index (χ1v) is 4.93. The van der Waals surface area contributed by atoms with Gasteiger partial charge in [-0.05, 0) is 6.07 Å². The van der Waals surface area contributed by atoms with Crippen molar-refractivity contribution in [1.82, 2.24) is 9.55 Å². The summed E-state index contributed by atoms with van der Waals surface area (Å²) in [6.45, 7) is -0.658. The first kappa shape index (κ1) is 11.9. The van der Waals surface area contributed by atoms with Crippen molar-refractivity contribution < 1.29 is 18.6 Å². The quantitative estimate of drug-likeness (QED) is 0.726. The van der Waals surface area contributed by atoms with Crippen LogP contribution >= 0.6 is 0 Å². The summed E-state index contributed by atoms with van der Waals surface area (Å²) in [6, 6.07) is 1.27. The Labute approximate surface area is 94.6 Å². The molecule has 1 aromatic rings. The van der Waals surface area contributed by atoms with Gasteiger partial charge in [-0.3, -0.25) is 4.57 Å². The number of rotatable bonds is 2. The standard InChI is InChI=1S/C9H11F2N3O3/c10-6-4(3-15)17-8(7(6)11)14-2-1-5(12)13-9(14)16/h1-2,4,6-8,15H,3H2,(H2,12,13,16)/t4-,6?,7+,8-/m1/s1/i11-1. The van der Waals surface area contributed by atoms with Gasteiger partial charge in [0.1, 0.15) is 11.9 Å². The van der Waals surface area contributed by atoms with Crippen molar-refractivity contribution >= 4 is 5.82 Å². The third-order valence-electron chi connectivity index (χ3n) is 2.55. The lowest BCUT2D eigenvalue weighted by molar-refractivity contribution is -0.0436. The van der Waals surface area contributed by atoms with E-state index in [-0.39, 0.29) is 5.82 Å². The number of nitrogens with two attached hydrogens (primary N) is 1. The van der Waals surface area contributed by atoms with Gasteiger partial charge in [0.2, 0.25) is 0 Å². The highest BCUT2D eigenvalue weighted by Gasteiger charge is 2.46. The van der Waals surface area contributed by atoms with E-state index in [1.165, 1.54) is 12.3 Å². The van der Waals surface area contributed by atoms with Crippen LogP contribution in [0, 0.1) is 0 Å². The van der Waals surface area contributed by atoms with Crippen molar-refractivity contribution in [2.45, 2.75) is 24.7 Å². The van der Waals surface area contributed by atoms with Crippen molar-refractivity contribution in [3.8, 4) is 0 Å². The van der Waals surface area contributed by atoms with E-state index >= 15 is 0 Å². The number of aliphatic hydroxyl groups is 1. The van der Waals surface area contributed by atoms with Crippen molar-refractivity contribution in [3.63, 3.8) is 0 Å². The highest BCUT2D eigenvalue weighted by atomic mass is 19.1. The van der Waals surface area contributed by atoms with Crippen LogP contribution in [-0.4, -0.2) is 39.7 Å². The SMILES string of the molecule is Nc1ccn([C@@H]2O[C@H](CO)C(F)[C@@H]2[18F])c(=O)n1. The van der Waals surface area contributed by atoms with Crippen LogP contribution in [0.4, 0.5) is 14.6 Å². The zero-order valence-electron chi connectivity index (χ0n) is 8.66. The van der Waals surface area contributed by atoms with Crippen LogP contribution in [0.15, 0.2) is 17.1 Å². The van der Waals surface area contributed by atoms with Crippen molar-refractivity contribution in [3.05, 3.63) is 22.7 Å². The average molecular weight is 246 g/mol. The number of halogens is 2. The van der Waals surface area contributed by atoms with Crippen LogP contribution in [0.5, 0.6) is 0 Å². The van der Waals surface area contributed by atoms with Gasteiger partial charge in [0.05, 0.1) is 6.61 Å². The molecule has 0 radical (unpaired) electrons. The molecule has 4 atom stereocenters. The minimum absolute atomic E-state index is 0.0184. The maximum atomic E-state index is 13.6. The number of nitrogens with zero attached hydrogens (tertiary/aromatic N) is 2. The molecule has 1 fully saturated rings. The van der Waals surface area contributed by atoms with Gasteiger partial charge < -0.3 is 15.6 Å². The molecule has 0 bridgehead atoms. The molecule has 3 N–H and O–H groups in total. The molecule has 0 aromatic carbocycles. The van der Waals surface area contributed by atoms with Gasteiger partial charge in [0.15, 0.2) is 18.6 Å². The fourth-order valence-corrected chi connectivity index (χ4v) is 1.67. The maximum absolute atomic E-state index is 13.6. The molecule has 6 nitrogen and oxygen atoms in total. The largest absolute Gasteiger partial charge is 0.394 e. The van der Waals surface area contributed by atoms with E-state index in [4.69, 9.17) is 15.6 Å². The Morgan fingerprint density at radius 1 is 1.53 bits per heavy atom. The molecule has 17 heavy (non-hydrogen) atoms. The van der Waals surface area contributed by atoms with E-state index in [2.05, 4.69) is 4.98 Å². The molecule has 94 valence electrons. The van der Waals surface area contributed by atoms with Gasteiger partial charge in [-0.2, -0.15) is 4.98 Å². The Hall–Kier alpha value is -1.54. The molecule has 2 heterocycles. The number of alkyl halides is 2. The van der Waals surface area contributed by atoms with Crippen molar-refractivity contribution in [2.75, 3.05) is 12.3 Å². The lowest BCUT2D eigenvalue weighted by atomic mass is 10.2. The highest BCUT2D eigenvalue weighted by molar-refractivity contribution is 5.23. The number of nitrogen functional groups attached to an aromatic ring is 1. The molecular formula is C9H11F2N3O3. The second kappa shape index (κ2) is 4.38. The number of hydrogen-bond acceptors (Lipinski definition) is 5. The van der Waals surface area contributed by atoms with Crippen LogP contribution in [-0.2, 0) is 4.74 Å². The predicted molar refractivity (Wildman–Crippen MR) is 53.7 cm³/mol. The average Bonchev–Trinajstić information content (AvgIpc) is 2.57. The topological polar surface area (TPSA) is 90.4 Å². The summed E-state index contributed by atoms with van der Waals surface area (Å²) < 4.78 is 32.6. The highest BCUT2D eigenvalue weighted by Crippen LogP contribution is 2.32. The van der Waals surface area contributed by atoms with Gasteiger partial charge in [0, 0.05) is 6.20 Å². The third-order valence-corrected chi connectivity index (χ3v) is 2.55. The maximum Gasteiger partial charge on any atom is 0.351 e. The van der Waals surface area contributed by atoms with Gasteiger partial charge >= 0.3 is 5.69 Å². The molecule has 1 aliphatic heterocycles. The van der Waals surface area contributed by atoms with Gasteiger partial charge in [-0.1, -0.05) is 0 Å². The van der Waals surface area contributed by atoms with Gasteiger partial charge in [0.25, 0.3) is 0 Å². The van der Waals surface area contributed by atoms with Crippen LogP contribution in [0.2, 0.25) is 0 Å². The molecule has 1 aliphatic rings. The minimum Gasteiger partial charge on any atom is -0.394 e. The molecule has 1 unspecified atom stereocenters. The van der Waals surface area contributed by atoms with E-state index in [1.54, 1.807) is 0 Å². The molecule has 1 saturated heterocycles. The zero-order chi connectivity index (χ0) is 12.6. The molecule has 2 rings (SSSR count). The number of anilines is 1. The number of hydrogen-bond donors (Lipinski definition) is 2. The predicted octanol–water partition coefficient (Wildman–Crippen LogP) is -0.609. The second-order valence-electron chi connectivity index (χ2n) is 3.68. The summed E-state index contributed by atoms with van der Waals surface area (Å²) in [6.07, 6.45) is -5.54. The molecule has 0 saturated carbocycles. The zero-order valence-corrected chi connectivity index (χ0v) is 8.66. The summed E-state index contributed by atoms with van der Waals surface area (Å²) in [5.41, 5.74) is 4.44. The van der Waals surface area contributed by atoms with Crippen molar-refractivity contribution in [1.29, 1.82) is 0 Å². The van der Waals surface area contributed by atoms with E-state index in [0.29, 0.717) is 0 Å². The fraction of sp³-hybridized carbons (Fsp3) is 0.556. The first-order chi connectivity index (χ1) is 8.04. The number of aliphatic hydroxyl groups excluding tert-OH is 1. The van der Waals surface area contributed by atoms with E-state index < -0.39 is 37.0 Å². The Kier molecular flexibility index (Phi) is 3.07. The lowest BCUT2D eigenvalue weighted by Gasteiger charge is -2.15. The van der Waals surface area contributed by atoms with Crippen molar-refractivity contribution in [2.24, 2.45) is 0 Å². The smallest absolute Gasteiger partial charge is 0.351 e. The van der Waals surface area contributed by atoms with Gasteiger partial charge in [-0.15, -0.1) is 0 Å². The van der Waals surface area contributed by atoms with E-state index in [9.17, 15) is 13.6 Å². The van der Waals surface area contributed by atoms with E-state index in [1.807, 2.05) is 0 Å². The normalized spacial score (nSPS) is 32.9. The molecule has 0 spiro atoms. The first-order valence-electron chi connectivity index (χ1n) is 4.93. The Morgan fingerprint density at radius 3 is 2.76 bits per heavy atom. The molecule has 8 heteroatoms. The Balaban J connectivity index is 2.32. The summed E-state index contributed by atoms with van der Waals surface area (Å²) in [5, 5.41) is 8.78. The summed E-state index contributed by atoms with van der Waals surface area (Å²) >= 11 is 0. The second-order valence-corrected chi connectivity index (χ2v) is 3.68. The monoisotopic (exact) mass is 246 g/mol. The molecule has 0 amide bonds. The minimum atomic E-state index is -2.03. The Morgan fingerprint density at radius 2 is 2.24 bits per heavy atom. The van der Waals surface area contributed by atoms with Crippen LogP contribution in [0.25, 0.3) is 0 Å². The summed E-state index contributed by atoms with van der Waals surface area (Å²) in [5.74, 6) is -0.0184. The molecule has 1 aromatic heterocycles. The molecular weight excluding hydrogens is 235 g/mol. The van der Waals surface area contributed by atoms with E-state index in [0.717, 1.165) is 4.57 Å². The fourth-order valence-electron chi connectivity index (χ4n) is 1.67. The molecule has 0 aliphatic carbocycles. The van der Waals surface area contributed by atoms with Crippen LogP contribution in [0.3, 0.4) is 0 Å². The summed E-state index contributed by atoms with van der Waals surface area (Å²) in [4.78, 5) is 14.8. The Bertz CT molecular complexity index is 467. The third kappa shape index (κ3) is 2.01. The number of ether oxygens (including phenoxy) is 1.